The Bertz CT molecular complexity index is 1220. The van der Waals surface area contributed by atoms with E-state index in [2.05, 4.69) is 79.2 Å². The summed E-state index contributed by atoms with van der Waals surface area (Å²) in [5.41, 5.74) is 7.15. The van der Waals surface area contributed by atoms with Crippen molar-refractivity contribution in [2.75, 3.05) is 18.6 Å². The zero-order chi connectivity index (χ0) is 20.7. The molecule has 0 saturated carbocycles. The second-order valence-corrected chi connectivity index (χ2v) is 8.71. The van der Waals surface area contributed by atoms with Crippen LogP contribution in [0.4, 0.5) is 11.5 Å². The van der Waals surface area contributed by atoms with Crippen LogP contribution in [0.3, 0.4) is 0 Å². The van der Waals surface area contributed by atoms with Crippen molar-refractivity contribution in [1.82, 2.24) is 12.7 Å². The van der Waals surface area contributed by atoms with Gasteiger partial charge in [0.2, 0.25) is 0 Å². The molecule has 0 saturated heterocycles. The third kappa shape index (κ3) is 3.43. The number of nitrogens with zero attached hydrogens (tertiary/aromatic N) is 4. The molecule has 6 heteroatoms. The summed E-state index contributed by atoms with van der Waals surface area (Å²) in [5, 5.41) is 0. The number of benzene rings is 2. The van der Waals surface area contributed by atoms with E-state index in [9.17, 15) is 0 Å². The summed E-state index contributed by atoms with van der Waals surface area (Å²) in [7, 11) is 1.72. The van der Waals surface area contributed by atoms with E-state index in [0.29, 0.717) is 0 Å². The molecule has 152 valence electrons. The first-order valence-corrected chi connectivity index (χ1v) is 11.1. The average molecular weight is 510 g/mol. The molecule has 30 heavy (non-hydrogen) atoms. The number of hydrogen-bond acceptors (Lipinski definition) is 4. The first-order valence-electron chi connectivity index (χ1n) is 10.2. The van der Waals surface area contributed by atoms with Crippen molar-refractivity contribution in [3.8, 4) is 5.75 Å². The molecule has 0 N–H and O–H groups in total. The Morgan fingerprint density at radius 1 is 1.10 bits per heavy atom. The molecule has 0 amide bonds. The van der Waals surface area contributed by atoms with E-state index >= 15 is 0 Å². The average Bonchev–Trinajstić information content (AvgIpc) is 3.08. The smallest absolute Gasteiger partial charge is 0.162 e. The lowest BCUT2D eigenvalue weighted by Crippen LogP contribution is -2.26. The van der Waals surface area contributed by atoms with Crippen LogP contribution in [0.2, 0.25) is 0 Å². The molecule has 0 bridgehead atoms. The number of halogens is 1. The third-order valence-electron chi connectivity index (χ3n) is 5.66. The van der Waals surface area contributed by atoms with Gasteiger partial charge in [0.25, 0.3) is 0 Å². The van der Waals surface area contributed by atoms with Gasteiger partial charge in [-0.15, -0.1) is 0 Å². The minimum absolute atomic E-state index is 0.801. The molecule has 0 atom stereocenters. The van der Waals surface area contributed by atoms with E-state index in [1.807, 2.05) is 13.0 Å². The van der Waals surface area contributed by atoms with E-state index in [-0.39, 0.29) is 0 Å². The Morgan fingerprint density at radius 3 is 2.73 bits per heavy atom. The van der Waals surface area contributed by atoms with E-state index in [0.717, 1.165) is 54.2 Å². The van der Waals surface area contributed by atoms with Crippen LogP contribution in [0, 0.1) is 6.92 Å². The number of fused-ring (bicyclic) bond motifs is 2. The minimum atomic E-state index is 0.801. The molecule has 0 aliphatic carbocycles. The highest BCUT2D eigenvalue weighted by molar-refractivity contribution is 14.1. The maximum absolute atomic E-state index is 5.44. The number of anilines is 2. The van der Waals surface area contributed by atoms with Gasteiger partial charge in [-0.05, 0) is 49.1 Å². The van der Waals surface area contributed by atoms with Crippen LogP contribution in [-0.4, -0.2) is 26.4 Å². The molecule has 0 unspecified atom stereocenters. The van der Waals surface area contributed by atoms with Gasteiger partial charge in [-0.1, -0.05) is 30.3 Å². The molecular formula is C24H23IN4O. The molecule has 5 rings (SSSR count). The quantitative estimate of drug-likeness (QED) is 0.335. The maximum atomic E-state index is 5.44. The summed E-state index contributed by atoms with van der Waals surface area (Å²) >= 11 is 2.36. The van der Waals surface area contributed by atoms with Gasteiger partial charge in [0.1, 0.15) is 17.1 Å². The highest BCUT2D eigenvalue weighted by atomic mass is 127. The van der Waals surface area contributed by atoms with Crippen LogP contribution in [0.1, 0.15) is 28.9 Å². The number of ether oxygens (including phenoxy) is 1. The molecule has 1 aliphatic heterocycles. The van der Waals surface area contributed by atoms with Gasteiger partial charge in [0.15, 0.2) is 5.82 Å². The summed E-state index contributed by atoms with van der Waals surface area (Å²) in [4.78, 5) is 12.1. The Balaban J connectivity index is 1.65. The summed E-state index contributed by atoms with van der Waals surface area (Å²) in [5.74, 6) is 2.69. The number of aryl methyl sites for hydroxylation is 2. The van der Waals surface area contributed by atoms with Crippen LogP contribution in [0.5, 0.6) is 5.75 Å². The standard InChI is InChI=1S/C24H23IN4O/c1-16-26-22-19(13-17-7-4-3-5-8-17)15-29(25)23(22)24(27-16)28-12-6-9-18-14-20(30-2)10-11-21(18)28/h3-5,7-8,10-11,14-15H,6,9,12-13H2,1-2H3. The van der Waals surface area contributed by atoms with Gasteiger partial charge in [0.05, 0.1) is 35.5 Å². The molecule has 0 spiro atoms. The Labute approximate surface area is 190 Å². The molecule has 0 radical (unpaired) electrons. The highest BCUT2D eigenvalue weighted by Crippen LogP contribution is 2.39. The molecule has 2 aromatic carbocycles. The normalized spacial score (nSPS) is 13.5. The molecule has 1 aliphatic rings. The summed E-state index contributed by atoms with van der Waals surface area (Å²) < 4.78 is 7.59. The fraction of sp³-hybridized carbons (Fsp3) is 0.250. The van der Waals surface area contributed by atoms with Gasteiger partial charge in [0, 0.05) is 30.4 Å². The van der Waals surface area contributed by atoms with Crippen LogP contribution in [-0.2, 0) is 12.8 Å². The zero-order valence-electron chi connectivity index (χ0n) is 17.1. The molecular weight excluding hydrogens is 487 g/mol. The van der Waals surface area contributed by atoms with E-state index in [4.69, 9.17) is 14.7 Å². The largest absolute Gasteiger partial charge is 0.497 e. The number of aromatic nitrogens is 3. The zero-order valence-corrected chi connectivity index (χ0v) is 19.3. The highest BCUT2D eigenvalue weighted by Gasteiger charge is 2.25. The van der Waals surface area contributed by atoms with Crippen LogP contribution in [0.25, 0.3) is 11.0 Å². The van der Waals surface area contributed by atoms with Crippen molar-refractivity contribution >= 4 is 45.4 Å². The second-order valence-electron chi connectivity index (χ2n) is 7.67. The third-order valence-corrected chi connectivity index (χ3v) is 6.42. The number of hydrogen-bond donors (Lipinski definition) is 0. The predicted octanol–water partition coefficient (Wildman–Crippen LogP) is 5.62. The monoisotopic (exact) mass is 510 g/mol. The van der Waals surface area contributed by atoms with Gasteiger partial charge >= 0.3 is 0 Å². The summed E-state index contributed by atoms with van der Waals surface area (Å²) in [6.07, 6.45) is 5.19. The van der Waals surface area contributed by atoms with Gasteiger partial charge < -0.3 is 9.64 Å². The molecule has 0 fully saturated rings. The second kappa shape index (κ2) is 7.91. The topological polar surface area (TPSA) is 43.2 Å². The van der Waals surface area contributed by atoms with Crippen molar-refractivity contribution in [3.05, 3.63) is 77.2 Å². The van der Waals surface area contributed by atoms with E-state index in [1.165, 1.54) is 22.4 Å². The molecule has 5 nitrogen and oxygen atoms in total. The molecule has 4 aromatic rings. The minimum Gasteiger partial charge on any atom is -0.497 e. The Morgan fingerprint density at radius 2 is 1.93 bits per heavy atom. The number of methoxy groups -OCH3 is 1. The first kappa shape index (κ1) is 19.4. The fourth-order valence-electron chi connectivity index (χ4n) is 4.29. The Kier molecular flexibility index (Phi) is 5.10. The molecule has 3 heterocycles. The van der Waals surface area contributed by atoms with Crippen molar-refractivity contribution in [2.45, 2.75) is 26.2 Å². The van der Waals surface area contributed by atoms with Crippen LogP contribution in [0.15, 0.2) is 54.7 Å². The fourth-order valence-corrected chi connectivity index (χ4v) is 5.07. The lowest BCUT2D eigenvalue weighted by molar-refractivity contribution is 0.414. The van der Waals surface area contributed by atoms with Gasteiger partial charge in [-0.3, -0.25) is 2.78 Å². The summed E-state index contributed by atoms with van der Waals surface area (Å²) in [6, 6.07) is 16.9. The summed E-state index contributed by atoms with van der Waals surface area (Å²) in [6.45, 7) is 2.93. The van der Waals surface area contributed by atoms with Crippen LogP contribution >= 0.6 is 22.9 Å². The predicted molar refractivity (Wildman–Crippen MR) is 129 cm³/mol. The number of rotatable bonds is 4. The Hall–Kier alpha value is -2.61. The lowest BCUT2D eigenvalue weighted by atomic mass is 10.0. The van der Waals surface area contributed by atoms with E-state index < -0.39 is 0 Å². The first-order chi connectivity index (χ1) is 14.6. The molecule has 2 aromatic heterocycles. The van der Waals surface area contributed by atoms with Crippen molar-refractivity contribution in [1.29, 1.82) is 0 Å². The van der Waals surface area contributed by atoms with Crippen molar-refractivity contribution in [2.24, 2.45) is 0 Å². The van der Waals surface area contributed by atoms with Gasteiger partial charge in [-0.25, -0.2) is 9.97 Å². The SMILES string of the molecule is COc1ccc2c(c1)CCCN2c1nc(C)nc2c(Cc3ccccc3)cn(I)c12. The maximum Gasteiger partial charge on any atom is 0.162 e. The lowest BCUT2D eigenvalue weighted by Gasteiger charge is -2.31. The van der Waals surface area contributed by atoms with Gasteiger partial charge in [-0.2, -0.15) is 0 Å². The van der Waals surface area contributed by atoms with Crippen LogP contribution < -0.4 is 9.64 Å². The van der Waals surface area contributed by atoms with Crippen molar-refractivity contribution in [3.63, 3.8) is 0 Å². The van der Waals surface area contributed by atoms with Crippen molar-refractivity contribution < 1.29 is 4.74 Å². The van der Waals surface area contributed by atoms with E-state index in [1.54, 1.807) is 7.11 Å².